The monoisotopic (exact) mass is 473 g/mol. The maximum atomic E-state index is 12.9. The third-order valence-corrected chi connectivity index (χ3v) is 8.03. The minimum atomic E-state index is -3.61. The predicted molar refractivity (Wildman–Crippen MR) is 138 cm³/mol. The fourth-order valence-corrected chi connectivity index (χ4v) is 5.98. The first-order valence-corrected chi connectivity index (χ1v) is 13.7. The summed E-state index contributed by atoms with van der Waals surface area (Å²) in [6.45, 7) is 3.14. The van der Waals surface area contributed by atoms with Gasteiger partial charge in [0.15, 0.2) is 0 Å². The van der Waals surface area contributed by atoms with Crippen molar-refractivity contribution in [3.8, 4) is 0 Å². The predicted octanol–water partition coefficient (Wildman–Crippen LogP) is 5.91. The lowest BCUT2D eigenvalue weighted by molar-refractivity contribution is 0.600. The number of anilines is 1. The van der Waals surface area contributed by atoms with Crippen molar-refractivity contribution >= 4 is 26.7 Å². The number of hydrogen-bond donors (Lipinski definition) is 1. The topological polar surface area (TPSA) is 64.0 Å². The van der Waals surface area contributed by atoms with E-state index in [1.165, 1.54) is 23.1 Å². The standard InChI is InChI=1S/C28H31N3O2S/c1-2-19-31-27-10-6-5-9-26(27)29-28(31)18-13-21-11-15-24(16-12-21)30-34(32,33)25-17-14-22-7-3-4-8-23(22)20-25/h5-6,9-12,14-17,20,30H,2-4,7-8,13,18-19H2,1H3. The number of sulfonamides is 1. The average Bonchev–Trinajstić information content (AvgIpc) is 3.21. The molecule has 176 valence electrons. The largest absolute Gasteiger partial charge is 0.328 e. The summed E-state index contributed by atoms with van der Waals surface area (Å²) in [5.41, 5.74) is 6.41. The lowest BCUT2D eigenvalue weighted by Crippen LogP contribution is -2.14. The SMILES string of the molecule is CCCn1c(CCc2ccc(NS(=O)(=O)c3ccc4c(c3)CCCC4)cc2)nc2ccccc21. The number of hydrogen-bond acceptors (Lipinski definition) is 3. The van der Waals surface area contributed by atoms with Crippen molar-refractivity contribution in [1.82, 2.24) is 9.55 Å². The molecule has 1 N–H and O–H groups in total. The van der Waals surface area contributed by atoms with E-state index in [9.17, 15) is 8.42 Å². The van der Waals surface area contributed by atoms with Crippen LogP contribution in [-0.4, -0.2) is 18.0 Å². The molecule has 5 rings (SSSR count). The molecule has 1 aliphatic rings. The Morgan fingerprint density at radius 2 is 1.68 bits per heavy atom. The number of benzene rings is 3. The number of rotatable bonds is 8. The van der Waals surface area contributed by atoms with Crippen LogP contribution in [0.25, 0.3) is 11.0 Å². The number of aryl methyl sites for hydroxylation is 5. The molecule has 0 unspecified atom stereocenters. The summed E-state index contributed by atoms with van der Waals surface area (Å²) in [5, 5.41) is 0. The van der Waals surface area contributed by atoms with Crippen molar-refractivity contribution in [2.75, 3.05) is 4.72 Å². The highest BCUT2D eigenvalue weighted by Gasteiger charge is 2.18. The van der Waals surface area contributed by atoms with E-state index in [1.54, 1.807) is 6.07 Å². The Morgan fingerprint density at radius 3 is 2.47 bits per heavy atom. The zero-order valence-electron chi connectivity index (χ0n) is 19.6. The number of aromatic nitrogens is 2. The first-order valence-electron chi connectivity index (χ1n) is 12.2. The van der Waals surface area contributed by atoms with Crippen LogP contribution in [-0.2, 0) is 42.3 Å². The molecule has 0 aliphatic heterocycles. The second-order valence-electron chi connectivity index (χ2n) is 9.11. The molecule has 0 amide bonds. The molecular weight excluding hydrogens is 442 g/mol. The summed E-state index contributed by atoms with van der Waals surface area (Å²) in [4.78, 5) is 5.19. The molecule has 1 aromatic heterocycles. The van der Waals surface area contributed by atoms with Crippen LogP contribution in [0.3, 0.4) is 0 Å². The third kappa shape index (κ3) is 4.73. The van der Waals surface area contributed by atoms with Gasteiger partial charge in [0.2, 0.25) is 0 Å². The van der Waals surface area contributed by atoms with Crippen LogP contribution in [0.1, 0.15) is 48.7 Å². The van der Waals surface area contributed by atoms with Crippen molar-refractivity contribution in [1.29, 1.82) is 0 Å². The molecule has 5 nitrogen and oxygen atoms in total. The van der Waals surface area contributed by atoms with Crippen molar-refractivity contribution in [3.05, 3.63) is 89.2 Å². The smallest absolute Gasteiger partial charge is 0.261 e. The van der Waals surface area contributed by atoms with E-state index in [0.29, 0.717) is 10.6 Å². The van der Waals surface area contributed by atoms with Gasteiger partial charge in [-0.2, -0.15) is 0 Å². The molecule has 1 aliphatic carbocycles. The second-order valence-corrected chi connectivity index (χ2v) is 10.8. The maximum Gasteiger partial charge on any atom is 0.261 e. The molecular formula is C28H31N3O2S. The molecule has 34 heavy (non-hydrogen) atoms. The molecule has 0 radical (unpaired) electrons. The summed E-state index contributed by atoms with van der Waals surface area (Å²) in [5.74, 6) is 1.10. The van der Waals surface area contributed by atoms with Gasteiger partial charge in [-0.15, -0.1) is 0 Å². The van der Waals surface area contributed by atoms with Crippen LogP contribution < -0.4 is 4.72 Å². The molecule has 1 heterocycles. The Kier molecular flexibility index (Phi) is 6.42. The number of imidazole rings is 1. The fourth-order valence-electron chi connectivity index (χ4n) is 4.88. The minimum Gasteiger partial charge on any atom is -0.328 e. The Balaban J connectivity index is 1.27. The third-order valence-electron chi connectivity index (χ3n) is 6.65. The van der Waals surface area contributed by atoms with Gasteiger partial charge in [0, 0.05) is 18.7 Å². The summed E-state index contributed by atoms with van der Waals surface area (Å²) in [6.07, 6.45) is 7.06. The first kappa shape index (κ1) is 22.7. The van der Waals surface area contributed by atoms with E-state index < -0.39 is 10.0 Å². The van der Waals surface area contributed by atoms with Gasteiger partial charge in [-0.05, 0) is 91.6 Å². The van der Waals surface area contributed by atoms with E-state index in [4.69, 9.17) is 4.98 Å². The molecule has 0 bridgehead atoms. The van der Waals surface area contributed by atoms with E-state index in [-0.39, 0.29) is 0 Å². The average molecular weight is 474 g/mol. The van der Waals surface area contributed by atoms with Crippen LogP contribution in [0.15, 0.2) is 71.6 Å². The lowest BCUT2D eigenvalue weighted by Gasteiger charge is -2.17. The zero-order chi connectivity index (χ0) is 23.5. The second kappa shape index (κ2) is 9.63. The van der Waals surface area contributed by atoms with Gasteiger partial charge in [-0.25, -0.2) is 13.4 Å². The first-order chi connectivity index (χ1) is 16.5. The van der Waals surface area contributed by atoms with Gasteiger partial charge < -0.3 is 4.57 Å². The highest BCUT2D eigenvalue weighted by atomic mass is 32.2. The zero-order valence-corrected chi connectivity index (χ0v) is 20.4. The van der Waals surface area contributed by atoms with Crippen molar-refractivity contribution < 1.29 is 8.42 Å². The minimum absolute atomic E-state index is 0.340. The van der Waals surface area contributed by atoms with Crippen LogP contribution in [0.5, 0.6) is 0 Å². The molecule has 0 spiro atoms. The van der Waals surface area contributed by atoms with Gasteiger partial charge in [0.05, 0.1) is 15.9 Å². The van der Waals surface area contributed by atoms with Crippen molar-refractivity contribution in [2.24, 2.45) is 0 Å². The van der Waals surface area contributed by atoms with Crippen molar-refractivity contribution in [3.63, 3.8) is 0 Å². The normalized spacial score (nSPS) is 13.7. The molecule has 0 saturated carbocycles. The highest BCUT2D eigenvalue weighted by Crippen LogP contribution is 2.25. The summed E-state index contributed by atoms with van der Waals surface area (Å²) < 4.78 is 30.9. The Morgan fingerprint density at radius 1 is 0.912 bits per heavy atom. The molecule has 0 fully saturated rings. The number of nitrogens with one attached hydrogen (secondary N) is 1. The van der Waals surface area contributed by atoms with Gasteiger partial charge in [0.25, 0.3) is 10.0 Å². The molecule has 6 heteroatoms. The van der Waals surface area contributed by atoms with E-state index >= 15 is 0 Å². The van der Waals surface area contributed by atoms with Crippen LogP contribution in [0, 0.1) is 0 Å². The highest BCUT2D eigenvalue weighted by molar-refractivity contribution is 7.92. The van der Waals surface area contributed by atoms with Crippen molar-refractivity contribution in [2.45, 2.75) is 63.3 Å². The number of nitrogens with zero attached hydrogens (tertiary/aromatic N) is 2. The molecule has 0 saturated heterocycles. The summed E-state index contributed by atoms with van der Waals surface area (Å²) >= 11 is 0. The van der Waals surface area contributed by atoms with Gasteiger partial charge in [-0.1, -0.05) is 37.3 Å². The Hall–Kier alpha value is -3.12. The van der Waals surface area contributed by atoms with E-state index in [1.807, 2.05) is 42.5 Å². The Bertz CT molecular complexity index is 1410. The maximum absolute atomic E-state index is 12.9. The number of fused-ring (bicyclic) bond motifs is 2. The van der Waals surface area contributed by atoms with Crippen LogP contribution in [0.2, 0.25) is 0 Å². The quantitative estimate of drug-likeness (QED) is 0.346. The van der Waals surface area contributed by atoms with Gasteiger partial charge in [0.1, 0.15) is 5.82 Å². The summed E-state index contributed by atoms with van der Waals surface area (Å²) in [6, 6.07) is 21.5. The van der Waals surface area contributed by atoms with E-state index in [0.717, 1.165) is 62.0 Å². The van der Waals surface area contributed by atoms with Crippen LogP contribution in [0.4, 0.5) is 5.69 Å². The van der Waals surface area contributed by atoms with Crippen LogP contribution >= 0.6 is 0 Å². The van der Waals surface area contributed by atoms with Gasteiger partial charge >= 0.3 is 0 Å². The fraction of sp³-hybridized carbons (Fsp3) is 0.321. The molecule has 0 atom stereocenters. The molecule has 4 aromatic rings. The van der Waals surface area contributed by atoms with Gasteiger partial charge in [-0.3, -0.25) is 4.72 Å². The van der Waals surface area contributed by atoms with E-state index in [2.05, 4.69) is 34.4 Å². The molecule has 3 aromatic carbocycles. The Labute approximate surface area is 201 Å². The number of para-hydroxylation sites is 2. The lowest BCUT2D eigenvalue weighted by atomic mass is 9.92. The summed E-state index contributed by atoms with van der Waals surface area (Å²) in [7, 11) is -3.61.